The van der Waals surface area contributed by atoms with Gasteiger partial charge < -0.3 is 5.32 Å². The molecule has 5 rings (SSSR count). The largest absolute Gasteiger partial charge is 0.350 e. The van der Waals surface area contributed by atoms with E-state index in [-0.39, 0.29) is 18.4 Å². The van der Waals surface area contributed by atoms with Crippen molar-refractivity contribution in [3.8, 4) is 11.3 Å². The smallest absolute Gasteiger partial charge is 0.277 e. The number of halogens is 1. The maximum Gasteiger partial charge on any atom is 0.277 e. The van der Waals surface area contributed by atoms with Crippen molar-refractivity contribution in [1.29, 1.82) is 0 Å². The summed E-state index contributed by atoms with van der Waals surface area (Å²) in [4.78, 5) is 28.7. The van der Waals surface area contributed by atoms with Crippen molar-refractivity contribution < 1.29 is 14.0 Å². The molecule has 170 valence electrons. The fourth-order valence-electron chi connectivity index (χ4n) is 4.29. The van der Waals surface area contributed by atoms with Crippen LogP contribution >= 0.6 is 0 Å². The Balaban J connectivity index is 1.54. The van der Waals surface area contributed by atoms with Crippen molar-refractivity contribution in [3.63, 3.8) is 0 Å². The Labute approximate surface area is 196 Å². The third kappa shape index (κ3) is 3.85. The number of hydrogen-bond donors (Lipinski definition) is 1. The molecule has 2 amide bonds. The number of fused-ring (bicyclic) bond motifs is 1. The first-order valence-electron chi connectivity index (χ1n) is 11.0. The summed E-state index contributed by atoms with van der Waals surface area (Å²) in [5.74, 6) is -1.11. The van der Waals surface area contributed by atoms with E-state index in [4.69, 9.17) is 0 Å². The van der Waals surface area contributed by atoms with E-state index in [1.54, 1.807) is 17.7 Å². The van der Waals surface area contributed by atoms with Crippen molar-refractivity contribution in [1.82, 2.24) is 15.1 Å². The third-order valence-electron chi connectivity index (χ3n) is 6.09. The molecule has 0 saturated carbocycles. The number of carbonyl (C=O) groups is 2. The summed E-state index contributed by atoms with van der Waals surface area (Å²) < 4.78 is 15.2. The highest BCUT2D eigenvalue weighted by Crippen LogP contribution is 2.34. The van der Waals surface area contributed by atoms with E-state index < -0.39 is 11.4 Å². The van der Waals surface area contributed by atoms with Crippen LogP contribution in [0, 0.1) is 5.82 Å². The lowest BCUT2D eigenvalue weighted by molar-refractivity contribution is -0.126. The molecular weight excluding hydrogens is 431 g/mol. The summed E-state index contributed by atoms with van der Waals surface area (Å²) >= 11 is 0. The van der Waals surface area contributed by atoms with Crippen LogP contribution in [-0.4, -0.2) is 27.1 Å². The number of hydrogen-bond acceptors (Lipinski definition) is 3. The molecule has 4 aromatic rings. The highest BCUT2D eigenvalue weighted by Gasteiger charge is 2.48. The van der Waals surface area contributed by atoms with E-state index in [2.05, 4.69) is 10.4 Å². The molecule has 1 aromatic heterocycles. The Hall–Kier alpha value is -4.26. The SMILES string of the molecule is CC1(C(=O)NCc2ccccc2)Cn2nc(-c3ccccc3)cc2C(=O)N1c1ccc(F)cc1. The van der Waals surface area contributed by atoms with E-state index in [1.807, 2.05) is 60.7 Å². The van der Waals surface area contributed by atoms with Crippen LogP contribution in [0.5, 0.6) is 0 Å². The minimum absolute atomic E-state index is 0.152. The summed E-state index contributed by atoms with van der Waals surface area (Å²) in [6.07, 6.45) is 0. The Morgan fingerprint density at radius 1 is 1.00 bits per heavy atom. The molecule has 6 nitrogen and oxygen atoms in total. The van der Waals surface area contributed by atoms with Gasteiger partial charge in [-0.05, 0) is 42.8 Å². The number of amides is 2. The van der Waals surface area contributed by atoms with Crippen LogP contribution in [0.2, 0.25) is 0 Å². The van der Waals surface area contributed by atoms with Crippen molar-refractivity contribution in [2.45, 2.75) is 25.6 Å². The van der Waals surface area contributed by atoms with Gasteiger partial charge in [0.15, 0.2) is 0 Å². The second-order valence-corrected chi connectivity index (χ2v) is 8.50. The second-order valence-electron chi connectivity index (χ2n) is 8.50. The zero-order valence-corrected chi connectivity index (χ0v) is 18.6. The van der Waals surface area contributed by atoms with Gasteiger partial charge in [-0.15, -0.1) is 0 Å². The molecule has 0 spiro atoms. The summed E-state index contributed by atoms with van der Waals surface area (Å²) in [5.41, 5.74) is 2.00. The van der Waals surface area contributed by atoms with Crippen LogP contribution < -0.4 is 10.2 Å². The van der Waals surface area contributed by atoms with Gasteiger partial charge >= 0.3 is 0 Å². The molecule has 0 saturated heterocycles. The van der Waals surface area contributed by atoms with Gasteiger partial charge in [-0.25, -0.2) is 4.39 Å². The predicted molar refractivity (Wildman–Crippen MR) is 128 cm³/mol. The maximum atomic E-state index is 13.7. The van der Waals surface area contributed by atoms with Crippen molar-refractivity contribution in [2.75, 3.05) is 4.90 Å². The van der Waals surface area contributed by atoms with Gasteiger partial charge in [0.25, 0.3) is 5.91 Å². The number of aromatic nitrogens is 2. The quantitative estimate of drug-likeness (QED) is 0.485. The van der Waals surface area contributed by atoms with Crippen LogP contribution in [0.25, 0.3) is 11.3 Å². The molecule has 0 fully saturated rings. The standard InChI is InChI=1S/C27H23FN4O2/c1-27(26(34)29-17-19-8-4-2-5-9-19)18-31-24(16-23(30-31)20-10-6-3-7-11-20)25(33)32(27)22-14-12-21(28)13-15-22/h2-16H,17-18H2,1H3,(H,29,34). The molecule has 0 aliphatic carbocycles. The molecule has 1 aliphatic rings. The minimum Gasteiger partial charge on any atom is -0.350 e. The van der Waals surface area contributed by atoms with Gasteiger partial charge in [-0.1, -0.05) is 60.7 Å². The normalized spacial score (nSPS) is 17.4. The number of nitrogens with one attached hydrogen (secondary N) is 1. The summed E-state index contributed by atoms with van der Waals surface area (Å²) in [7, 11) is 0. The van der Waals surface area contributed by atoms with Crippen molar-refractivity contribution in [3.05, 3.63) is 108 Å². The van der Waals surface area contributed by atoms with Gasteiger partial charge in [0.1, 0.15) is 17.1 Å². The first-order chi connectivity index (χ1) is 16.5. The molecular formula is C27H23FN4O2. The van der Waals surface area contributed by atoms with E-state index in [0.29, 0.717) is 23.6 Å². The highest BCUT2D eigenvalue weighted by molar-refractivity contribution is 6.12. The molecule has 7 heteroatoms. The molecule has 0 radical (unpaired) electrons. The highest BCUT2D eigenvalue weighted by atomic mass is 19.1. The van der Waals surface area contributed by atoms with Gasteiger partial charge in [0.2, 0.25) is 5.91 Å². The van der Waals surface area contributed by atoms with Crippen molar-refractivity contribution in [2.24, 2.45) is 0 Å². The maximum absolute atomic E-state index is 13.7. The lowest BCUT2D eigenvalue weighted by atomic mass is 9.93. The summed E-state index contributed by atoms with van der Waals surface area (Å²) in [6, 6.07) is 26.4. The summed E-state index contributed by atoms with van der Waals surface area (Å²) in [5, 5.41) is 7.60. The first-order valence-corrected chi connectivity index (χ1v) is 11.0. The van der Waals surface area contributed by atoms with Crippen molar-refractivity contribution >= 4 is 17.5 Å². The van der Waals surface area contributed by atoms with E-state index >= 15 is 0 Å². The third-order valence-corrected chi connectivity index (χ3v) is 6.09. The number of anilines is 1. The van der Waals surface area contributed by atoms with Crippen LogP contribution in [0.3, 0.4) is 0 Å². The Kier molecular flexibility index (Phi) is 5.45. The van der Waals surface area contributed by atoms with E-state index in [9.17, 15) is 14.0 Å². The van der Waals surface area contributed by atoms with Gasteiger partial charge in [-0.3, -0.25) is 19.2 Å². The minimum atomic E-state index is -1.28. The zero-order chi connectivity index (χ0) is 23.7. The van der Waals surface area contributed by atoms with Gasteiger partial charge in [0, 0.05) is 17.8 Å². The van der Waals surface area contributed by atoms with Crippen LogP contribution in [0.1, 0.15) is 23.0 Å². The molecule has 34 heavy (non-hydrogen) atoms. The lowest BCUT2D eigenvalue weighted by Crippen LogP contribution is -2.64. The average Bonchev–Trinajstić information content (AvgIpc) is 3.29. The van der Waals surface area contributed by atoms with Gasteiger partial charge in [-0.2, -0.15) is 5.10 Å². The molecule has 0 bridgehead atoms. The number of carbonyl (C=O) groups excluding carboxylic acids is 2. The van der Waals surface area contributed by atoms with Crippen LogP contribution in [-0.2, 0) is 17.9 Å². The van der Waals surface area contributed by atoms with Crippen LogP contribution in [0.4, 0.5) is 10.1 Å². The molecule has 1 unspecified atom stereocenters. The van der Waals surface area contributed by atoms with Gasteiger partial charge in [0.05, 0.1) is 12.2 Å². The Morgan fingerprint density at radius 2 is 1.65 bits per heavy atom. The Morgan fingerprint density at radius 3 is 2.32 bits per heavy atom. The van der Waals surface area contributed by atoms with E-state index in [0.717, 1.165) is 11.1 Å². The fourth-order valence-corrected chi connectivity index (χ4v) is 4.29. The molecule has 1 N–H and O–H groups in total. The first kappa shape index (κ1) is 21.6. The van der Waals surface area contributed by atoms with E-state index in [1.165, 1.54) is 29.2 Å². The topological polar surface area (TPSA) is 67.2 Å². The molecule has 3 aromatic carbocycles. The number of benzene rings is 3. The predicted octanol–water partition coefficient (Wildman–Crippen LogP) is 4.42. The monoisotopic (exact) mass is 454 g/mol. The molecule has 1 aliphatic heterocycles. The summed E-state index contributed by atoms with van der Waals surface area (Å²) in [6.45, 7) is 2.18. The number of nitrogens with zero attached hydrogens (tertiary/aromatic N) is 3. The molecule has 1 atom stereocenters. The zero-order valence-electron chi connectivity index (χ0n) is 18.6. The Bertz CT molecular complexity index is 1340. The lowest BCUT2D eigenvalue weighted by Gasteiger charge is -2.43. The number of rotatable bonds is 5. The second kappa shape index (κ2) is 8.59. The fraction of sp³-hybridized carbons (Fsp3) is 0.148. The average molecular weight is 455 g/mol. The molecule has 2 heterocycles. The van der Waals surface area contributed by atoms with Crippen LogP contribution in [0.15, 0.2) is 91.0 Å².